The van der Waals surface area contributed by atoms with Crippen LogP contribution in [0.15, 0.2) is 5.10 Å². The summed E-state index contributed by atoms with van der Waals surface area (Å²) in [6.45, 7) is 2.20. The maximum absolute atomic E-state index is 10.7. The van der Waals surface area contributed by atoms with Crippen LogP contribution >= 0.6 is 0 Å². The topological polar surface area (TPSA) is 67.5 Å². The lowest BCUT2D eigenvalue weighted by atomic mass is 9.67. The van der Waals surface area contributed by atoms with E-state index >= 15 is 0 Å². The first-order chi connectivity index (χ1) is 7.68. The van der Waals surface area contributed by atoms with Gasteiger partial charge in [-0.3, -0.25) is 0 Å². The van der Waals surface area contributed by atoms with Crippen molar-refractivity contribution in [3.63, 3.8) is 0 Å². The van der Waals surface area contributed by atoms with Gasteiger partial charge in [-0.2, -0.15) is 5.10 Å². The normalized spacial score (nSPS) is 36.8. The summed E-state index contributed by atoms with van der Waals surface area (Å²) < 4.78 is 0. The highest BCUT2D eigenvalue weighted by Crippen LogP contribution is 2.40. The molecule has 2 rings (SSSR count). The third-order valence-electron chi connectivity index (χ3n) is 4.06. The van der Waals surface area contributed by atoms with Crippen LogP contribution in [-0.2, 0) is 0 Å². The lowest BCUT2D eigenvalue weighted by Crippen LogP contribution is -2.38. The molecule has 0 unspecified atom stereocenters. The van der Waals surface area contributed by atoms with Crippen molar-refractivity contribution in [2.75, 3.05) is 0 Å². The predicted octanol–water partition coefficient (Wildman–Crippen LogP) is 2.25. The number of carbonyl (C=O) groups excluding carboxylic acids is 1. The van der Waals surface area contributed by atoms with Crippen molar-refractivity contribution in [3.8, 4) is 0 Å². The molecule has 0 aromatic heterocycles. The van der Waals surface area contributed by atoms with Gasteiger partial charge < -0.3 is 5.73 Å². The molecular formula is C12H21N3O. The van der Waals surface area contributed by atoms with Crippen molar-refractivity contribution in [3.05, 3.63) is 0 Å². The number of primary amides is 1. The van der Waals surface area contributed by atoms with E-state index in [4.69, 9.17) is 5.73 Å². The smallest absolute Gasteiger partial charge is 0.332 e. The Kier molecular flexibility index (Phi) is 3.46. The molecule has 16 heavy (non-hydrogen) atoms. The fraction of sp³-hybridized carbons (Fsp3) is 0.833. The van der Waals surface area contributed by atoms with E-state index in [-0.39, 0.29) is 0 Å². The van der Waals surface area contributed by atoms with E-state index in [9.17, 15) is 4.79 Å². The Morgan fingerprint density at radius 1 is 1.31 bits per heavy atom. The summed E-state index contributed by atoms with van der Waals surface area (Å²) in [5, 5.41) is 4.24. The average molecular weight is 223 g/mol. The van der Waals surface area contributed by atoms with Gasteiger partial charge in [0.1, 0.15) is 0 Å². The molecule has 2 saturated carbocycles. The number of urea groups is 1. The van der Waals surface area contributed by atoms with Gasteiger partial charge >= 0.3 is 6.03 Å². The molecule has 0 bridgehead atoms. The number of hydrazone groups is 1. The van der Waals surface area contributed by atoms with Crippen LogP contribution in [0.2, 0.25) is 0 Å². The van der Waals surface area contributed by atoms with E-state index < -0.39 is 6.03 Å². The molecule has 0 spiro atoms. The zero-order valence-electron chi connectivity index (χ0n) is 9.91. The molecule has 0 radical (unpaired) electrons. The van der Waals surface area contributed by atoms with Crippen molar-refractivity contribution < 1.29 is 4.79 Å². The first-order valence-electron chi connectivity index (χ1n) is 6.31. The Morgan fingerprint density at radius 2 is 2.06 bits per heavy atom. The van der Waals surface area contributed by atoms with Gasteiger partial charge in [0, 0.05) is 11.6 Å². The summed E-state index contributed by atoms with van der Waals surface area (Å²) >= 11 is 0. The fourth-order valence-electron chi connectivity index (χ4n) is 3.23. The zero-order chi connectivity index (χ0) is 11.5. The van der Waals surface area contributed by atoms with Gasteiger partial charge in [-0.1, -0.05) is 19.8 Å². The molecule has 3 atom stereocenters. The number of nitrogens with two attached hydrogens (primary N) is 1. The van der Waals surface area contributed by atoms with Crippen LogP contribution in [0.1, 0.15) is 45.4 Å². The Hall–Kier alpha value is -1.06. The summed E-state index contributed by atoms with van der Waals surface area (Å²) in [6, 6.07) is -0.558. The molecule has 90 valence electrons. The van der Waals surface area contributed by atoms with Crippen molar-refractivity contribution in [2.24, 2.45) is 28.6 Å². The average Bonchev–Trinajstić information content (AvgIpc) is 2.27. The molecule has 3 N–H and O–H groups in total. The molecule has 2 amide bonds. The highest BCUT2D eigenvalue weighted by Gasteiger charge is 2.35. The first kappa shape index (κ1) is 11.4. The van der Waals surface area contributed by atoms with Crippen LogP contribution in [0.25, 0.3) is 0 Å². The van der Waals surface area contributed by atoms with Crippen LogP contribution in [-0.4, -0.2) is 11.7 Å². The van der Waals surface area contributed by atoms with Gasteiger partial charge in [0.25, 0.3) is 0 Å². The van der Waals surface area contributed by atoms with E-state index in [0.29, 0.717) is 11.8 Å². The number of carbonyl (C=O) groups is 1. The van der Waals surface area contributed by atoms with Crippen molar-refractivity contribution in [1.29, 1.82) is 0 Å². The first-order valence-corrected chi connectivity index (χ1v) is 6.31. The van der Waals surface area contributed by atoms with Crippen LogP contribution in [0.3, 0.4) is 0 Å². The third kappa shape index (κ3) is 2.36. The van der Waals surface area contributed by atoms with E-state index in [1.807, 2.05) is 0 Å². The van der Waals surface area contributed by atoms with Crippen LogP contribution < -0.4 is 11.2 Å². The monoisotopic (exact) mass is 223 g/mol. The molecule has 0 heterocycles. The van der Waals surface area contributed by atoms with Crippen molar-refractivity contribution in [1.82, 2.24) is 5.43 Å². The summed E-state index contributed by atoms with van der Waals surface area (Å²) in [6.07, 6.45) is 7.72. The highest BCUT2D eigenvalue weighted by atomic mass is 16.2. The summed E-state index contributed by atoms with van der Waals surface area (Å²) in [5.41, 5.74) is 8.65. The second-order valence-electron chi connectivity index (χ2n) is 5.14. The Bertz CT molecular complexity index is 301. The van der Waals surface area contributed by atoms with E-state index in [2.05, 4.69) is 17.5 Å². The number of hydrogen-bond donors (Lipinski definition) is 2. The largest absolute Gasteiger partial charge is 0.350 e. The van der Waals surface area contributed by atoms with Crippen LogP contribution in [0.5, 0.6) is 0 Å². The highest BCUT2D eigenvalue weighted by molar-refractivity contribution is 5.90. The van der Waals surface area contributed by atoms with Gasteiger partial charge in [-0.25, -0.2) is 10.2 Å². The molecule has 0 aliphatic heterocycles. The zero-order valence-corrected chi connectivity index (χ0v) is 9.91. The quantitative estimate of drug-likeness (QED) is 0.658. The molecule has 0 saturated heterocycles. The molecule has 2 aliphatic carbocycles. The van der Waals surface area contributed by atoms with E-state index in [1.54, 1.807) is 0 Å². The van der Waals surface area contributed by atoms with Gasteiger partial charge in [0.2, 0.25) is 0 Å². The second-order valence-corrected chi connectivity index (χ2v) is 5.14. The Morgan fingerprint density at radius 3 is 2.81 bits per heavy atom. The maximum atomic E-state index is 10.7. The molecule has 0 aromatic rings. The molecule has 2 fully saturated rings. The van der Waals surface area contributed by atoms with E-state index in [1.165, 1.54) is 44.2 Å². The molecule has 4 heteroatoms. The minimum absolute atomic E-state index is 0.492. The minimum Gasteiger partial charge on any atom is -0.350 e. The predicted molar refractivity (Wildman–Crippen MR) is 64.0 cm³/mol. The number of rotatable bonds is 1. The Balaban J connectivity index is 2.11. The number of fused-ring (bicyclic) bond motifs is 1. The molecular weight excluding hydrogens is 202 g/mol. The number of nitrogens with zero attached hydrogens (tertiary/aromatic N) is 1. The number of hydrogen-bond acceptors (Lipinski definition) is 2. The lowest BCUT2D eigenvalue weighted by molar-refractivity contribution is 0.239. The molecule has 2 aliphatic rings. The van der Waals surface area contributed by atoms with E-state index in [0.717, 1.165) is 5.92 Å². The SMILES string of the molecule is C[C@@H]1CC[C@@H]2CCCC[C@@H]2/C1=N\NC(N)=O. The minimum atomic E-state index is -0.558. The summed E-state index contributed by atoms with van der Waals surface area (Å²) in [5.74, 6) is 1.87. The Labute approximate surface area is 96.7 Å². The third-order valence-corrected chi connectivity index (χ3v) is 4.06. The van der Waals surface area contributed by atoms with Gasteiger partial charge in [0.05, 0.1) is 0 Å². The lowest BCUT2D eigenvalue weighted by Gasteiger charge is -2.39. The van der Waals surface area contributed by atoms with Crippen molar-refractivity contribution in [2.45, 2.75) is 45.4 Å². The fourth-order valence-corrected chi connectivity index (χ4v) is 3.23. The van der Waals surface area contributed by atoms with Crippen LogP contribution in [0.4, 0.5) is 4.79 Å². The second kappa shape index (κ2) is 4.85. The molecule has 0 aromatic carbocycles. The number of nitrogens with one attached hydrogen (secondary N) is 1. The van der Waals surface area contributed by atoms with Gasteiger partial charge in [-0.15, -0.1) is 0 Å². The summed E-state index contributed by atoms with van der Waals surface area (Å²) in [4.78, 5) is 10.7. The maximum Gasteiger partial charge on any atom is 0.332 e. The standard InChI is InChI=1S/C12H21N3O/c1-8-6-7-9-4-2-3-5-10(9)11(8)14-15-12(13)16/h8-10H,2-7H2,1H3,(H3,13,15,16)/b14-11-/t8-,9+,10+/m1/s1. The summed E-state index contributed by atoms with van der Waals surface area (Å²) in [7, 11) is 0. The van der Waals surface area contributed by atoms with Crippen LogP contribution in [0, 0.1) is 17.8 Å². The van der Waals surface area contributed by atoms with Gasteiger partial charge in [-0.05, 0) is 37.5 Å². The number of amides is 2. The van der Waals surface area contributed by atoms with Crippen molar-refractivity contribution >= 4 is 11.7 Å². The molecule has 4 nitrogen and oxygen atoms in total. The van der Waals surface area contributed by atoms with Gasteiger partial charge in [0.15, 0.2) is 0 Å².